The van der Waals surface area contributed by atoms with Crippen molar-refractivity contribution in [3.05, 3.63) is 75.2 Å². The number of halogens is 2. The summed E-state index contributed by atoms with van der Waals surface area (Å²) in [6.07, 6.45) is 0. The largest absolute Gasteiger partial charge is 0.459 e. The summed E-state index contributed by atoms with van der Waals surface area (Å²) in [5.74, 6) is -1.22. The first-order valence-electron chi connectivity index (χ1n) is 10.6. The van der Waals surface area contributed by atoms with E-state index in [-0.39, 0.29) is 26.5 Å². The normalized spacial score (nSPS) is 12.0. The number of nitrogens with zero attached hydrogens (tertiary/aromatic N) is 2. The highest BCUT2D eigenvalue weighted by molar-refractivity contribution is 7.92. The molecule has 0 radical (unpaired) electrons. The van der Waals surface area contributed by atoms with E-state index in [2.05, 4.69) is 14.7 Å². The predicted molar refractivity (Wildman–Crippen MR) is 137 cm³/mol. The van der Waals surface area contributed by atoms with Gasteiger partial charge in [0.2, 0.25) is 0 Å². The Balaban J connectivity index is 1.84. The van der Waals surface area contributed by atoms with Crippen LogP contribution in [0.25, 0.3) is 22.2 Å². The molecule has 9 nitrogen and oxygen atoms in total. The number of aromatic amines is 1. The van der Waals surface area contributed by atoms with Crippen molar-refractivity contribution in [1.29, 1.82) is 0 Å². The molecule has 4 rings (SSSR count). The molecule has 3 aromatic carbocycles. The number of benzene rings is 3. The molecule has 0 saturated heterocycles. The molecule has 1 aromatic heterocycles. The number of nitrogens with one attached hydrogen (secondary N) is 1. The fourth-order valence-corrected chi connectivity index (χ4v) is 5.72. The zero-order valence-corrected chi connectivity index (χ0v) is 21.7. The van der Waals surface area contributed by atoms with Crippen LogP contribution in [0.2, 0.25) is 10.0 Å². The summed E-state index contributed by atoms with van der Waals surface area (Å²) >= 11 is 12.1. The van der Waals surface area contributed by atoms with E-state index in [4.69, 9.17) is 27.9 Å². The summed E-state index contributed by atoms with van der Waals surface area (Å²) in [6.45, 7) is 4.47. The van der Waals surface area contributed by atoms with Gasteiger partial charge in [0.15, 0.2) is 5.82 Å². The van der Waals surface area contributed by atoms with Crippen LogP contribution in [-0.4, -0.2) is 36.7 Å². The van der Waals surface area contributed by atoms with Gasteiger partial charge in [0.05, 0.1) is 10.6 Å². The zero-order chi connectivity index (χ0) is 26.3. The lowest BCUT2D eigenvalue weighted by molar-refractivity contribution is -0.152. The van der Waals surface area contributed by atoms with Crippen LogP contribution in [0.4, 0.5) is 5.69 Å². The quantitative estimate of drug-likeness (QED) is 0.334. The number of sulfonamides is 1. The molecule has 1 N–H and O–H groups in total. The van der Waals surface area contributed by atoms with Crippen molar-refractivity contribution in [2.24, 2.45) is 0 Å². The highest BCUT2D eigenvalue weighted by Gasteiger charge is 2.30. The Bertz CT molecular complexity index is 1600. The molecule has 0 unspecified atom stereocenters. The minimum atomic E-state index is -4.29. The molecule has 1 heterocycles. The maximum atomic E-state index is 13.7. The van der Waals surface area contributed by atoms with Crippen LogP contribution >= 0.6 is 23.2 Å². The Morgan fingerprint density at radius 2 is 1.78 bits per heavy atom. The lowest BCUT2D eigenvalue weighted by atomic mass is 10.0. The van der Waals surface area contributed by atoms with E-state index in [1.54, 1.807) is 51.1 Å². The predicted octanol–water partition coefficient (Wildman–Crippen LogP) is 5.03. The fraction of sp³-hybridized carbons (Fsp3) is 0.208. The van der Waals surface area contributed by atoms with Crippen molar-refractivity contribution in [1.82, 2.24) is 10.1 Å². The Morgan fingerprint density at radius 1 is 1.08 bits per heavy atom. The monoisotopic (exact) mass is 549 g/mol. The number of ether oxygens (including phenoxy) is 1. The van der Waals surface area contributed by atoms with Crippen molar-refractivity contribution in [2.75, 3.05) is 10.8 Å². The fourth-order valence-electron chi connectivity index (χ4n) is 3.59. The van der Waals surface area contributed by atoms with Gasteiger partial charge < -0.3 is 4.74 Å². The third-order valence-electron chi connectivity index (χ3n) is 4.96. The van der Waals surface area contributed by atoms with E-state index in [0.717, 1.165) is 4.31 Å². The number of carbonyl (C=O) groups is 1. The van der Waals surface area contributed by atoms with E-state index in [1.165, 1.54) is 24.3 Å². The number of rotatable bonds is 6. The van der Waals surface area contributed by atoms with Crippen molar-refractivity contribution >= 4 is 55.7 Å². The molecule has 188 valence electrons. The van der Waals surface area contributed by atoms with Gasteiger partial charge in [0.1, 0.15) is 12.1 Å². The second kappa shape index (κ2) is 9.61. The van der Waals surface area contributed by atoms with Gasteiger partial charge in [-0.05, 0) is 61.9 Å². The summed E-state index contributed by atoms with van der Waals surface area (Å²) in [5, 5.41) is 5.28. The van der Waals surface area contributed by atoms with Crippen LogP contribution in [0, 0.1) is 0 Å². The minimum absolute atomic E-state index is 0.128. The van der Waals surface area contributed by atoms with Gasteiger partial charge in [-0.2, -0.15) is 0 Å². The average Bonchev–Trinajstić information content (AvgIpc) is 3.21. The highest BCUT2D eigenvalue weighted by Crippen LogP contribution is 2.33. The Morgan fingerprint density at radius 3 is 2.39 bits per heavy atom. The van der Waals surface area contributed by atoms with Gasteiger partial charge in [-0.3, -0.25) is 18.6 Å². The van der Waals surface area contributed by atoms with Gasteiger partial charge in [0, 0.05) is 15.6 Å². The number of esters is 1. The maximum Gasteiger partial charge on any atom is 0.439 e. The van der Waals surface area contributed by atoms with Crippen LogP contribution in [0.15, 0.2) is 68.8 Å². The molecule has 12 heteroatoms. The van der Waals surface area contributed by atoms with Crippen LogP contribution in [0.3, 0.4) is 0 Å². The summed E-state index contributed by atoms with van der Waals surface area (Å²) in [6, 6.07) is 13.9. The smallest absolute Gasteiger partial charge is 0.439 e. The standard InChI is InChI=1S/C24H21Cl2N3O6S/c1-24(2,3)34-21(30)13-29(36(32,33)18-11-15(25)10-16(26)12-18)17-7-8-19-14(9-17)5-4-6-20(19)22-27-23(31)35-28-22/h4-12H,13H2,1-3H3,(H,27,28,31). The van der Waals surface area contributed by atoms with Gasteiger partial charge in [-0.1, -0.05) is 52.6 Å². The molecule has 0 bridgehead atoms. The van der Waals surface area contributed by atoms with Gasteiger partial charge in [0.25, 0.3) is 10.0 Å². The zero-order valence-electron chi connectivity index (χ0n) is 19.4. The lowest BCUT2D eigenvalue weighted by Gasteiger charge is -2.27. The third-order valence-corrected chi connectivity index (χ3v) is 7.15. The second-order valence-electron chi connectivity index (χ2n) is 8.86. The number of carbonyl (C=O) groups excluding carboxylic acids is 1. The molecular weight excluding hydrogens is 529 g/mol. The van der Waals surface area contributed by atoms with Crippen LogP contribution < -0.4 is 10.1 Å². The van der Waals surface area contributed by atoms with Crippen LogP contribution in [0.1, 0.15) is 20.8 Å². The van der Waals surface area contributed by atoms with E-state index >= 15 is 0 Å². The molecule has 0 amide bonds. The first-order valence-corrected chi connectivity index (χ1v) is 12.8. The summed E-state index contributed by atoms with van der Waals surface area (Å²) < 4.78 is 38.3. The topological polar surface area (TPSA) is 123 Å². The first-order chi connectivity index (χ1) is 16.8. The molecule has 4 aromatic rings. The molecule has 0 fully saturated rings. The lowest BCUT2D eigenvalue weighted by Crippen LogP contribution is -2.39. The van der Waals surface area contributed by atoms with Crippen molar-refractivity contribution in [3.8, 4) is 11.4 Å². The Kier molecular flexibility index (Phi) is 6.87. The summed E-state index contributed by atoms with van der Waals surface area (Å²) in [7, 11) is -4.29. The van der Waals surface area contributed by atoms with E-state index in [1.807, 2.05) is 0 Å². The molecular formula is C24H21Cl2N3O6S. The molecule has 0 aliphatic heterocycles. The molecule has 0 saturated carbocycles. The number of anilines is 1. The van der Waals surface area contributed by atoms with Crippen LogP contribution in [-0.2, 0) is 19.6 Å². The number of fused-ring (bicyclic) bond motifs is 1. The van der Waals surface area contributed by atoms with Gasteiger partial charge >= 0.3 is 11.7 Å². The van der Waals surface area contributed by atoms with E-state index in [0.29, 0.717) is 16.3 Å². The summed E-state index contributed by atoms with van der Waals surface area (Å²) in [5.41, 5.74) is -0.0399. The third kappa shape index (κ3) is 5.56. The molecule has 0 aliphatic carbocycles. The number of H-pyrrole nitrogens is 1. The Labute approximate surface area is 216 Å². The average molecular weight is 550 g/mol. The maximum absolute atomic E-state index is 13.7. The minimum Gasteiger partial charge on any atom is -0.459 e. The van der Waals surface area contributed by atoms with E-state index in [9.17, 15) is 18.0 Å². The van der Waals surface area contributed by atoms with Gasteiger partial charge in [-0.25, -0.2) is 13.2 Å². The van der Waals surface area contributed by atoms with Gasteiger partial charge in [-0.15, -0.1) is 0 Å². The summed E-state index contributed by atoms with van der Waals surface area (Å²) in [4.78, 5) is 26.5. The Hall–Kier alpha value is -3.34. The number of hydrogen-bond donors (Lipinski definition) is 1. The molecule has 0 atom stereocenters. The van der Waals surface area contributed by atoms with Crippen molar-refractivity contribution < 1.29 is 22.5 Å². The number of hydrogen-bond acceptors (Lipinski definition) is 7. The van der Waals surface area contributed by atoms with E-state index < -0.39 is 33.9 Å². The van der Waals surface area contributed by atoms with Crippen molar-refractivity contribution in [2.45, 2.75) is 31.3 Å². The molecule has 36 heavy (non-hydrogen) atoms. The molecule has 0 spiro atoms. The van der Waals surface area contributed by atoms with Crippen LogP contribution in [0.5, 0.6) is 0 Å². The SMILES string of the molecule is CC(C)(C)OC(=O)CN(c1ccc2c(-c3noc(=O)[nH]3)cccc2c1)S(=O)(=O)c1cc(Cl)cc(Cl)c1. The number of aromatic nitrogens is 2. The first kappa shape index (κ1) is 25.7. The van der Waals surface area contributed by atoms with Crippen molar-refractivity contribution in [3.63, 3.8) is 0 Å². The second-order valence-corrected chi connectivity index (χ2v) is 11.6. The molecule has 0 aliphatic rings. The highest BCUT2D eigenvalue weighted by atomic mass is 35.5.